The fraction of sp³-hybridized carbons (Fsp3) is 0.250. The highest BCUT2D eigenvalue weighted by Crippen LogP contribution is 2.29. The van der Waals surface area contributed by atoms with Crippen molar-refractivity contribution in [2.24, 2.45) is 0 Å². The van der Waals surface area contributed by atoms with E-state index in [0.717, 1.165) is 13.0 Å². The number of benzene rings is 2. The Balaban J connectivity index is 2.09. The summed E-state index contributed by atoms with van der Waals surface area (Å²) in [5, 5.41) is 3.40. The zero-order valence-electron chi connectivity index (χ0n) is 10.4. The standard InChI is InChI=1S/C16H17N/c1-11-7-12(2)9-15(8-11)13-3-4-16-14(10-13)5-6-17-16/h3-4,7-10,17H,5-6H2,1-2H3. The lowest BCUT2D eigenvalue weighted by atomic mass is 9.98. The second-order valence-electron chi connectivity index (χ2n) is 4.93. The molecule has 0 saturated heterocycles. The smallest absolute Gasteiger partial charge is 0.0373 e. The lowest BCUT2D eigenvalue weighted by Gasteiger charge is -2.07. The van der Waals surface area contributed by atoms with Gasteiger partial charge in [-0.25, -0.2) is 0 Å². The van der Waals surface area contributed by atoms with E-state index in [1.807, 2.05) is 0 Å². The molecule has 1 N–H and O–H groups in total. The molecule has 1 heterocycles. The van der Waals surface area contributed by atoms with Crippen LogP contribution in [-0.4, -0.2) is 6.54 Å². The highest BCUT2D eigenvalue weighted by molar-refractivity contribution is 5.70. The van der Waals surface area contributed by atoms with Crippen LogP contribution in [0.2, 0.25) is 0 Å². The molecule has 0 saturated carbocycles. The van der Waals surface area contributed by atoms with Crippen LogP contribution in [0.5, 0.6) is 0 Å². The zero-order chi connectivity index (χ0) is 11.8. The van der Waals surface area contributed by atoms with Crippen LogP contribution in [0.25, 0.3) is 11.1 Å². The molecule has 0 aliphatic carbocycles. The molecule has 0 atom stereocenters. The van der Waals surface area contributed by atoms with Crippen LogP contribution in [-0.2, 0) is 6.42 Å². The topological polar surface area (TPSA) is 12.0 Å². The summed E-state index contributed by atoms with van der Waals surface area (Å²) < 4.78 is 0. The van der Waals surface area contributed by atoms with Gasteiger partial charge in [0.2, 0.25) is 0 Å². The monoisotopic (exact) mass is 223 g/mol. The van der Waals surface area contributed by atoms with Crippen LogP contribution in [0, 0.1) is 13.8 Å². The number of nitrogens with one attached hydrogen (secondary N) is 1. The van der Waals surface area contributed by atoms with Crippen LogP contribution in [0.15, 0.2) is 36.4 Å². The van der Waals surface area contributed by atoms with Gasteiger partial charge in [-0.3, -0.25) is 0 Å². The second kappa shape index (κ2) is 3.92. The average Bonchev–Trinajstić information content (AvgIpc) is 2.74. The van der Waals surface area contributed by atoms with E-state index >= 15 is 0 Å². The SMILES string of the molecule is Cc1cc(C)cc(-c2ccc3c(c2)CCN3)c1. The van der Waals surface area contributed by atoms with Crippen molar-refractivity contribution in [2.75, 3.05) is 11.9 Å². The minimum Gasteiger partial charge on any atom is -0.384 e. The van der Waals surface area contributed by atoms with Crippen LogP contribution in [0.3, 0.4) is 0 Å². The minimum absolute atomic E-state index is 1.08. The average molecular weight is 223 g/mol. The molecule has 0 unspecified atom stereocenters. The van der Waals surface area contributed by atoms with Gasteiger partial charge in [-0.15, -0.1) is 0 Å². The molecular formula is C16H17N. The number of hydrogen-bond acceptors (Lipinski definition) is 1. The van der Waals surface area contributed by atoms with E-state index in [0.29, 0.717) is 0 Å². The second-order valence-corrected chi connectivity index (χ2v) is 4.93. The number of fused-ring (bicyclic) bond motifs is 1. The predicted molar refractivity (Wildman–Crippen MR) is 73.5 cm³/mol. The van der Waals surface area contributed by atoms with Crippen molar-refractivity contribution >= 4 is 5.69 Å². The van der Waals surface area contributed by atoms with Gasteiger partial charge >= 0.3 is 0 Å². The Labute approximate surface area is 102 Å². The molecule has 0 bridgehead atoms. The molecule has 17 heavy (non-hydrogen) atoms. The summed E-state index contributed by atoms with van der Waals surface area (Å²) in [6.45, 7) is 5.39. The Morgan fingerprint density at radius 2 is 1.65 bits per heavy atom. The number of anilines is 1. The van der Waals surface area contributed by atoms with E-state index in [1.54, 1.807) is 0 Å². The Bertz CT molecular complexity index is 549. The molecular weight excluding hydrogens is 206 g/mol. The van der Waals surface area contributed by atoms with Crippen LogP contribution in [0.4, 0.5) is 5.69 Å². The zero-order valence-corrected chi connectivity index (χ0v) is 10.4. The first kappa shape index (κ1) is 10.4. The van der Waals surface area contributed by atoms with Crippen molar-refractivity contribution in [2.45, 2.75) is 20.3 Å². The van der Waals surface area contributed by atoms with Gasteiger partial charge in [-0.1, -0.05) is 35.4 Å². The number of hydrogen-bond donors (Lipinski definition) is 1. The molecule has 2 aromatic carbocycles. The van der Waals surface area contributed by atoms with Gasteiger partial charge in [0.15, 0.2) is 0 Å². The molecule has 3 rings (SSSR count). The van der Waals surface area contributed by atoms with Crippen molar-refractivity contribution in [3.8, 4) is 11.1 Å². The molecule has 1 nitrogen and oxygen atoms in total. The number of rotatable bonds is 1. The maximum atomic E-state index is 3.40. The quantitative estimate of drug-likeness (QED) is 0.772. The van der Waals surface area contributed by atoms with Crippen LogP contribution < -0.4 is 5.32 Å². The van der Waals surface area contributed by atoms with Gasteiger partial charge in [0.05, 0.1) is 0 Å². The van der Waals surface area contributed by atoms with E-state index in [2.05, 4.69) is 55.6 Å². The first-order valence-corrected chi connectivity index (χ1v) is 6.18. The van der Waals surface area contributed by atoms with Crippen molar-refractivity contribution in [3.63, 3.8) is 0 Å². The summed E-state index contributed by atoms with van der Waals surface area (Å²) in [6.07, 6.45) is 1.15. The fourth-order valence-corrected chi connectivity index (χ4v) is 2.63. The van der Waals surface area contributed by atoms with Gasteiger partial charge in [-0.2, -0.15) is 0 Å². The maximum Gasteiger partial charge on any atom is 0.0373 e. The highest BCUT2D eigenvalue weighted by Gasteiger charge is 2.10. The van der Waals surface area contributed by atoms with E-state index in [4.69, 9.17) is 0 Å². The van der Waals surface area contributed by atoms with Gasteiger partial charge < -0.3 is 5.32 Å². The fourth-order valence-electron chi connectivity index (χ4n) is 2.63. The molecule has 0 fully saturated rings. The molecule has 1 heteroatoms. The highest BCUT2D eigenvalue weighted by atomic mass is 14.9. The molecule has 0 spiro atoms. The Morgan fingerprint density at radius 3 is 2.41 bits per heavy atom. The largest absolute Gasteiger partial charge is 0.384 e. The van der Waals surface area contributed by atoms with Gasteiger partial charge in [0.25, 0.3) is 0 Å². The third-order valence-electron chi connectivity index (χ3n) is 3.37. The number of aryl methyl sites for hydroxylation is 2. The maximum absolute atomic E-state index is 3.40. The lowest BCUT2D eigenvalue weighted by Crippen LogP contribution is -1.90. The first-order valence-electron chi connectivity index (χ1n) is 6.18. The summed E-state index contributed by atoms with van der Waals surface area (Å²) >= 11 is 0. The van der Waals surface area contributed by atoms with E-state index in [9.17, 15) is 0 Å². The predicted octanol–water partition coefficient (Wildman–Crippen LogP) is 3.94. The summed E-state index contributed by atoms with van der Waals surface area (Å²) in [4.78, 5) is 0. The summed E-state index contributed by atoms with van der Waals surface area (Å²) in [5.41, 5.74) is 8.08. The van der Waals surface area contributed by atoms with E-state index in [1.165, 1.54) is 33.5 Å². The van der Waals surface area contributed by atoms with E-state index < -0.39 is 0 Å². The van der Waals surface area contributed by atoms with Crippen LogP contribution in [0.1, 0.15) is 16.7 Å². The van der Waals surface area contributed by atoms with Gasteiger partial charge in [0, 0.05) is 12.2 Å². The van der Waals surface area contributed by atoms with Crippen LogP contribution >= 0.6 is 0 Å². The molecule has 0 amide bonds. The van der Waals surface area contributed by atoms with Crippen molar-refractivity contribution < 1.29 is 0 Å². The molecule has 2 aromatic rings. The Hall–Kier alpha value is -1.76. The van der Waals surface area contributed by atoms with Crippen molar-refractivity contribution in [1.29, 1.82) is 0 Å². The minimum atomic E-state index is 1.08. The molecule has 1 aliphatic heterocycles. The molecule has 0 radical (unpaired) electrons. The molecule has 0 aromatic heterocycles. The summed E-state index contributed by atoms with van der Waals surface area (Å²) in [5.74, 6) is 0. The Kier molecular flexibility index (Phi) is 2.40. The van der Waals surface area contributed by atoms with Gasteiger partial charge in [0.1, 0.15) is 0 Å². The third-order valence-corrected chi connectivity index (χ3v) is 3.37. The van der Waals surface area contributed by atoms with E-state index in [-0.39, 0.29) is 0 Å². The third kappa shape index (κ3) is 1.93. The normalized spacial score (nSPS) is 13.3. The first-order chi connectivity index (χ1) is 8.22. The summed E-state index contributed by atoms with van der Waals surface area (Å²) in [6, 6.07) is 13.5. The Morgan fingerprint density at radius 1 is 0.882 bits per heavy atom. The van der Waals surface area contributed by atoms with Crippen molar-refractivity contribution in [3.05, 3.63) is 53.1 Å². The summed E-state index contributed by atoms with van der Waals surface area (Å²) in [7, 11) is 0. The lowest BCUT2D eigenvalue weighted by molar-refractivity contribution is 1.11. The van der Waals surface area contributed by atoms with Crippen molar-refractivity contribution in [1.82, 2.24) is 0 Å². The molecule has 1 aliphatic rings. The van der Waals surface area contributed by atoms with Gasteiger partial charge in [-0.05, 0) is 49.1 Å². The molecule has 86 valence electrons.